The summed E-state index contributed by atoms with van der Waals surface area (Å²) in [6, 6.07) is 0. The molecule has 0 atom stereocenters. The summed E-state index contributed by atoms with van der Waals surface area (Å²) in [6.45, 7) is 7.86. The van der Waals surface area contributed by atoms with Crippen LogP contribution in [0.5, 0.6) is 0 Å². The highest BCUT2D eigenvalue weighted by atomic mass is 28.3. The van der Waals surface area contributed by atoms with Gasteiger partial charge >= 0.3 is 9.53 Å². The molecule has 0 aromatic rings. The first kappa shape index (κ1) is 17.9. The molecule has 96 valence electrons. The number of nitrogens with one attached hydrogen (secondary N) is 1. The SMILES string of the molecule is C1CC1.CCO[SiH](OCC)OCC.N=C=O. The van der Waals surface area contributed by atoms with Crippen LogP contribution < -0.4 is 0 Å². The average molecular weight is 249 g/mol. The van der Waals surface area contributed by atoms with Gasteiger partial charge in [-0.2, -0.15) is 0 Å². The van der Waals surface area contributed by atoms with Crippen molar-refractivity contribution in [2.24, 2.45) is 0 Å². The fourth-order valence-electron chi connectivity index (χ4n) is 0.553. The molecule has 1 saturated carbocycles. The summed E-state index contributed by atoms with van der Waals surface area (Å²) in [6.07, 6.45) is 5.25. The third-order valence-corrected chi connectivity index (χ3v) is 3.08. The topological polar surface area (TPSA) is 68.6 Å². The smallest absolute Gasteiger partial charge is 0.376 e. The normalized spacial score (nSPS) is 11.8. The third kappa shape index (κ3) is 23.4. The first-order chi connectivity index (χ1) is 7.76. The van der Waals surface area contributed by atoms with Gasteiger partial charge in [0, 0.05) is 19.8 Å². The van der Waals surface area contributed by atoms with E-state index >= 15 is 0 Å². The lowest BCUT2D eigenvalue weighted by Crippen LogP contribution is -2.27. The van der Waals surface area contributed by atoms with Crippen molar-refractivity contribution < 1.29 is 18.1 Å². The standard InChI is InChI=1S/C6H16O3Si.C3H6.CHNO/c1-4-7-10(8-5-2)9-6-3;1-2-3-1;2-1-3/h10H,4-6H2,1-3H3;1-3H2;2H. The lowest BCUT2D eigenvalue weighted by Gasteiger charge is -2.12. The van der Waals surface area contributed by atoms with Gasteiger partial charge in [-0.05, 0) is 20.8 Å². The van der Waals surface area contributed by atoms with Gasteiger partial charge in [-0.25, -0.2) is 10.2 Å². The van der Waals surface area contributed by atoms with Gasteiger partial charge in [0.25, 0.3) is 0 Å². The van der Waals surface area contributed by atoms with E-state index in [1.165, 1.54) is 19.3 Å². The minimum Gasteiger partial charge on any atom is -0.376 e. The van der Waals surface area contributed by atoms with E-state index in [9.17, 15) is 0 Å². The van der Waals surface area contributed by atoms with Gasteiger partial charge in [-0.1, -0.05) is 19.3 Å². The molecule has 5 nitrogen and oxygen atoms in total. The first-order valence-corrected chi connectivity index (χ1v) is 7.06. The molecule has 0 unspecified atom stereocenters. The molecule has 0 amide bonds. The molecule has 0 bridgehead atoms. The molecular weight excluding hydrogens is 226 g/mol. The minimum absolute atomic E-state index is 0.677. The highest BCUT2D eigenvalue weighted by molar-refractivity contribution is 6.36. The molecule has 1 rings (SSSR count). The summed E-state index contributed by atoms with van der Waals surface area (Å²) < 4.78 is 15.7. The predicted octanol–water partition coefficient (Wildman–Crippen LogP) is 1.88. The first-order valence-electron chi connectivity index (χ1n) is 5.65. The average Bonchev–Trinajstić information content (AvgIpc) is 3.07. The van der Waals surface area contributed by atoms with Crippen LogP contribution in [0.2, 0.25) is 0 Å². The zero-order valence-corrected chi connectivity index (χ0v) is 11.6. The summed E-state index contributed by atoms with van der Waals surface area (Å²) in [7, 11) is -1.73. The Balaban J connectivity index is 0. The van der Waals surface area contributed by atoms with Gasteiger partial charge in [-0.3, -0.25) is 0 Å². The molecule has 1 fully saturated rings. The van der Waals surface area contributed by atoms with E-state index < -0.39 is 9.53 Å². The van der Waals surface area contributed by atoms with Crippen LogP contribution in [0.25, 0.3) is 0 Å². The van der Waals surface area contributed by atoms with E-state index in [-0.39, 0.29) is 0 Å². The van der Waals surface area contributed by atoms with Crippen LogP contribution in [-0.4, -0.2) is 35.4 Å². The molecular formula is C10H23NO4Si. The molecule has 0 saturated heterocycles. The van der Waals surface area contributed by atoms with Crippen LogP contribution in [-0.2, 0) is 18.1 Å². The van der Waals surface area contributed by atoms with Crippen LogP contribution in [0.4, 0.5) is 0 Å². The van der Waals surface area contributed by atoms with E-state index in [2.05, 4.69) is 0 Å². The molecule has 16 heavy (non-hydrogen) atoms. The largest absolute Gasteiger partial charge is 0.484 e. The Morgan fingerprint density at radius 2 is 1.25 bits per heavy atom. The van der Waals surface area contributed by atoms with E-state index in [1.807, 2.05) is 20.8 Å². The summed E-state index contributed by atoms with van der Waals surface area (Å²) in [5.74, 6) is 0. The van der Waals surface area contributed by atoms with Crippen molar-refractivity contribution in [2.45, 2.75) is 40.0 Å². The van der Waals surface area contributed by atoms with Crippen molar-refractivity contribution in [2.75, 3.05) is 19.8 Å². The van der Waals surface area contributed by atoms with Gasteiger partial charge in [0.2, 0.25) is 6.08 Å². The quantitative estimate of drug-likeness (QED) is 0.443. The maximum Gasteiger partial charge on any atom is 0.484 e. The Kier molecular flexibility index (Phi) is 18.9. The van der Waals surface area contributed by atoms with Crippen molar-refractivity contribution in [1.82, 2.24) is 0 Å². The van der Waals surface area contributed by atoms with E-state index in [0.29, 0.717) is 19.8 Å². The monoisotopic (exact) mass is 249 g/mol. The van der Waals surface area contributed by atoms with Gasteiger partial charge in [0.05, 0.1) is 0 Å². The Labute approximate surface area is 99.6 Å². The van der Waals surface area contributed by atoms with Crippen LogP contribution in [0.3, 0.4) is 0 Å². The van der Waals surface area contributed by atoms with Crippen LogP contribution in [0, 0.1) is 5.41 Å². The molecule has 1 N–H and O–H groups in total. The fourth-order valence-corrected chi connectivity index (χ4v) is 1.66. The molecule has 0 aromatic heterocycles. The Morgan fingerprint density at radius 1 is 1.00 bits per heavy atom. The number of hydrogen-bond acceptors (Lipinski definition) is 5. The Bertz CT molecular complexity index is 144. The Morgan fingerprint density at radius 3 is 1.38 bits per heavy atom. The Hall–Kier alpha value is -0.523. The minimum atomic E-state index is -1.73. The summed E-state index contributed by atoms with van der Waals surface area (Å²) in [4.78, 5) is 8.35. The van der Waals surface area contributed by atoms with Crippen molar-refractivity contribution >= 4 is 15.6 Å². The second-order valence-corrected chi connectivity index (χ2v) is 4.39. The summed E-state index contributed by atoms with van der Waals surface area (Å²) >= 11 is 0. The number of hydrogen-bond donors (Lipinski definition) is 1. The number of isocyanates is 1. The molecule has 0 aliphatic heterocycles. The maximum absolute atomic E-state index is 8.35. The third-order valence-electron chi connectivity index (χ3n) is 1.26. The zero-order valence-electron chi connectivity index (χ0n) is 10.5. The molecule has 6 heteroatoms. The predicted molar refractivity (Wildman–Crippen MR) is 64.3 cm³/mol. The van der Waals surface area contributed by atoms with Crippen LogP contribution >= 0.6 is 0 Å². The number of rotatable bonds is 6. The molecule has 0 aromatic carbocycles. The molecule has 0 radical (unpaired) electrons. The zero-order chi connectivity index (χ0) is 12.6. The highest BCUT2D eigenvalue weighted by Gasteiger charge is 2.11. The van der Waals surface area contributed by atoms with Crippen LogP contribution in [0.15, 0.2) is 0 Å². The second-order valence-electron chi connectivity index (χ2n) is 2.82. The van der Waals surface area contributed by atoms with E-state index in [0.717, 1.165) is 6.08 Å². The van der Waals surface area contributed by atoms with E-state index in [4.69, 9.17) is 23.5 Å². The van der Waals surface area contributed by atoms with Gasteiger partial charge in [-0.15, -0.1) is 0 Å². The molecule has 0 spiro atoms. The molecule has 1 aliphatic carbocycles. The second kappa shape index (κ2) is 16.9. The molecule has 0 heterocycles. The van der Waals surface area contributed by atoms with Gasteiger partial charge < -0.3 is 13.3 Å². The summed E-state index contributed by atoms with van der Waals surface area (Å²) in [5, 5.41) is 5.40. The highest BCUT2D eigenvalue weighted by Crippen LogP contribution is 2.14. The van der Waals surface area contributed by atoms with Crippen molar-refractivity contribution in [3.8, 4) is 0 Å². The van der Waals surface area contributed by atoms with Gasteiger partial charge in [0.1, 0.15) is 0 Å². The van der Waals surface area contributed by atoms with Crippen molar-refractivity contribution in [3.05, 3.63) is 0 Å². The maximum atomic E-state index is 8.35. The lowest BCUT2D eigenvalue weighted by molar-refractivity contribution is 0.107. The van der Waals surface area contributed by atoms with Crippen molar-refractivity contribution in [3.63, 3.8) is 0 Å². The summed E-state index contributed by atoms with van der Waals surface area (Å²) in [5.41, 5.74) is 0. The van der Waals surface area contributed by atoms with Crippen molar-refractivity contribution in [1.29, 1.82) is 5.41 Å². The van der Waals surface area contributed by atoms with Gasteiger partial charge in [0.15, 0.2) is 0 Å². The van der Waals surface area contributed by atoms with Crippen LogP contribution in [0.1, 0.15) is 40.0 Å². The molecule has 1 aliphatic rings. The fraction of sp³-hybridized carbons (Fsp3) is 0.900. The lowest BCUT2D eigenvalue weighted by atomic mass is 10.9. The van der Waals surface area contributed by atoms with E-state index in [1.54, 1.807) is 0 Å². The number of carbonyl (C=O) groups excluding carboxylic acids is 1.